The van der Waals surface area contributed by atoms with Gasteiger partial charge in [0.1, 0.15) is 5.75 Å². The predicted octanol–water partition coefficient (Wildman–Crippen LogP) is 3.72. The summed E-state index contributed by atoms with van der Waals surface area (Å²) in [5.74, 6) is 0.755. The number of hydrogen-bond donors (Lipinski definition) is 2. The van der Waals surface area contributed by atoms with Crippen molar-refractivity contribution in [3.8, 4) is 17.0 Å². The van der Waals surface area contributed by atoms with Gasteiger partial charge in [-0.05, 0) is 37.6 Å². The SMILES string of the molecule is CC(C)Oc1ccc(/C=N/Nc2nnc(-c3ccccc3)c(=O)[nH]2)cc1Cl. The quantitative estimate of drug-likeness (QED) is 0.500. The molecule has 2 aromatic carbocycles. The van der Waals surface area contributed by atoms with Crippen molar-refractivity contribution in [2.75, 3.05) is 5.43 Å². The Hall–Kier alpha value is -3.19. The van der Waals surface area contributed by atoms with Crippen LogP contribution in [0.2, 0.25) is 5.02 Å². The maximum atomic E-state index is 12.2. The summed E-state index contributed by atoms with van der Waals surface area (Å²) in [4.78, 5) is 14.8. The highest BCUT2D eigenvalue weighted by atomic mass is 35.5. The van der Waals surface area contributed by atoms with Crippen molar-refractivity contribution in [3.05, 3.63) is 69.5 Å². The van der Waals surface area contributed by atoms with Crippen LogP contribution in [0.3, 0.4) is 0 Å². The van der Waals surface area contributed by atoms with Gasteiger partial charge in [0.2, 0.25) is 5.95 Å². The summed E-state index contributed by atoms with van der Waals surface area (Å²) in [6, 6.07) is 14.4. The largest absolute Gasteiger partial charge is 0.489 e. The van der Waals surface area contributed by atoms with E-state index in [9.17, 15) is 4.79 Å². The van der Waals surface area contributed by atoms with E-state index in [4.69, 9.17) is 16.3 Å². The van der Waals surface area contributed by atoms with E-state index in [1.807, 2.05) is 38.1 Å². The molecular weight excluding hydrogens is 366 g/mol. The summed E-state index contributed by atoms with van der Waals surface area (Å²) in [7, 11) is 0. The van der Waals surface area contributed by atoms with Gasteiger partial charge in [0, 0.05) is 5.56 Å². The minimum absolute atomic E-state index is 0.0398. The smallest absolute Gasteiger partial charge is 0.279 e. The molecule has 138 valence electrons. The average molecular weight is 384 g/mol. The summed E-state index contributed by atoms with van der Waals surface area (Å²) in [6.45, 7) is 3.86. The van der Waals surface area contributed by atoms with Crippen LogP contribution in [-0.2, 0) is 0 Å². The third-order valence-corrected chi connectivity index (χ3v) is 3.74. The van der Waals surface area contributed by atoms with Crippen LogP contribution < -0.4 is 15.7 Å². The molecule has 0 fully saturated rings. The van der Waals surface area contributed by atoms with Gasteiger partial charge in [-0.25, -0.2) is 5.43 Å². The Kier molecular flexibility index (Phi) is 5.83. The number of hydrogen-bond acceptors (Lipinski definition) is 6. The van der Waals surface area contributed by atoms with Gasteiger partial charge in [-0.3, -0.25) is 9.78 Å². The second kappa shape index (κ2) is 8.46. The van der Waals surface area contributed by atoms with E-state index >= 15 is 0 Å². The molecule has 0 radical (unpaired) electrons. The minimum Gasteiger partial charge on any atom is -0.489 e. The van der Waals surface area contributed by atoms with Crippen LogP contribution in [0.25, 0.3) is 11.3 Å². The molecule has 3 rings (SSSR count). The molecule has 0 unspecified atom stereocenters. The molecule has 7 nitrogen and oxygen atoms in total. The Bertz CT molecular complexity index is 1000. The lowest BCUT2D eigenvalue weighted by molar-refractivity contribution is 0.242. The van der Waals surface area contributed by atoms with Crippen LogP contribution in [0.4, 0.5) is 5.95 Å². The van der Waals surface area contributed by atoms with Crippen molar-refractivity contribution in [3.63, 3.8) is 0 Å². The molecule has 0 aliphatic heterocycles. The second-order valence-corrected chi connectivity index (χ2v) is 6.35. The highest BCUT2D eigenvalue weighted by Gasteiger charge is 2.07. The van der Waals surface area contributed by atoms with Crippen molar-refractivity contribution < 1.29 is 4.74 Å². The van der Waals surface area contributed by atoms with Crippen LogP contribution in [-0.4, -0.2) is 27.5 Å². The van der Waals surface area contributed by atoms with Crippen LogP contribution in [0.1, 0.15) is 19.4 Å². The monoisotopic (exact) mass is 383 g/mol. The highest BCUT2D eigenvalue weighted by molar-refractivity contribution is 6.32. The zero-order valence-corrected chi connectivity index (χ0v) is 15.6. The Labute approximate surface area is 161 Å². The van der Waals surface area contributed by atoms with E-state index in [0.29, 0.717) is 16.3 Å². The molecule has 1 aromatic heterocycles. The minimum atomic E-state index is -0.355. The highest BCUT2D eigenvalue weighted by Crippen LogP contribution is 2.25. The van der Waals surface area contributed by atoms with Gasteiger partial charge < -0.3 is 4.74 Å². The molecule has 0 amide bonds. The first-order chi connectivity index (χ1) is 13.0. The summed E-state index contributed by atoms with van der Waals surface area (Å²) in [5, 5.41) is 12.4. The van der Waals surface area contributed by atoms with Crippen LogP contribution >= 0.6 is 11.6 Å². The van der Waals surface area contributed by atoms with Crippen molar-refractivity contribution >= 4 is 23.8 Å². The van der Waals surface area contributed by atoms with Gasteiger partial charge in [0.25, 0.3) is 5.56 Å². The van der Waals surface area contributed by atoms with E-state index < -0.39 is 0 Å². The van der Waals surface area contributed by atoms with Gasteiger partial charge >= 0.3 is 0 Å². The van der Waals surface area contributed by atoms with Crippen LogP contribution in [0, 0.1) is 0 Å². The molecule has 0 atom stereocenters. The molecule has 0 saturated heterocycles. The van der Waals surface area contributed by atoms with E-state index in [-0.39, 0.29) is 23.3 Å². The Morgan fingerprint density at radius 1 is 1.19 bits per heavy atom. The maximum Gasteiger partial charge on any atom is 0.279 e. The number of aromatic nitrogens is 3. The van der Waals surface area contributed by atoms with Crippen molar-refractivity contribution in [1.29, 1.82) is 0 Å². The zero-order chi connectivity index (χ0) is 19.2. The molecule has 3 aromatic rings. The van der Waals surface area contributed by atoms with Gasteiger partial charge in [-0.2, -0.15) is 5.10 Å². The number of H-pyrrole nitrogens is 1. The fourth-order valence-electron chi connectivity index (χ4n) is 2.29. The molecule has 0 saturated carbocycles. The first kappa shape index (κ1) is 18.6. The lowest BCUT2D eigenvalue weighted by Crippen LogP contribution is -2.15. The fourth-order valence-corrected chi connectivity index (χ4v) is 2.52. The first-order valence-electron chi connectivity index (χ1n) is 8.30. The topological polar surface area (TPSA) is 92.3 Å². The molecule has 0 bridgehead atoms. The molecule has 0 aliphatic rings. The van der Waals surface area contributed by atoms with Crippen molar-refractivity contribution in [2.45, 2.75) is 20.0 Å². The number of hydrazone groups is 1. The third kappa shape index (κ3) is 4.92. The summed E-state index contributed by atoms with van der Waals surface area (Å²) < 4.78 is 5.58. The van der Waals surface area contributed by atoms with E-state index in [2.05, 4.69) is 25.7 Å². The number of aromatic amines is 1. The normalized spacial score (nSPS) is 11.1. The maximum absolute atomic E-state index is 12.2. The third-order valence-electron chi connectivity index (χ3n) is 3.45. The summed E-state index contributed by atoms with van der Waals surface area (Å²) in [6.07, 6.45) is 1.59. The Balaban J connectivity index is 1.69. The lowest BCUT2D eigenvalue weighted by atomic mass is 10.2. The van der Waals surface area contributed by atoms with Crippen molar-refractivity contribution in [1.82, 2.24) is 15.2 Å². The molecule has 0 aliphatic carbocycles. The summed E-state index contributed by atoms with van der Waals surface area (Å²) >= 11 is 6.19. The van der Waals surface area contributed by atoms with Crippen LogP contribution in [0.15, 0.2) is 58.4 Å². The number of ether oxygens (including phenoxy) is 1. The zero-order valence-electron chi connectivity index (χ0n) is 14.8. The number of nitrogens with zero attached hydrogens (tertiary/aromatic N) is 3. The number of anilines is 1. The molecular formula is C19H18ClN5O2. The second-order valence-electron chi connectivity index (χ2n) is 5.94. The van der Waals surface area contributed by atoms with Gasteiger partial charge in [0.15, 0.2) is 5.69 Å². The number of halogens is 1. The number of rotatable bonds is 6. The van der Waals surface area contributed by atoms with Crippen LogP contribution in [0.5, 0.6) is 5.75 Å². The first-order valence-corrected chi connectivity index (χ1v) is 8.68. The van der Waals surface area contributed by atoms with E-state index in [1.165, 1.54) is 0 Å². The average Bonchev–Trinajstić information content (AvgIpc) is 2.64. The molecule has 27 heavy (non-hydrogen) atoms. The molecule has 2 N–H and O–H groups in total. The predicted molar refractivity (Wildman–Crippen MR) is 107 cm³/mol. The summed E-state index contributed by atoms with van der Waals surface area (Å²) in [5.41, 5.74) is 4.00. The molecule has 1 heterocycles. The fraction of sp³-hybridized carbons (Fsp3) is 0.158. The van der Waals surface area contributed by atoms with Crippen molar-refractivity contribution in [2.24, 2.45) is 5.10 Å². The van der Waals surface area contributed by atoms with Gasteiger partial charge in [-0.15, -0.1) is 10.2 Å². The standard InChI is InChI=1S/C19H18ClN5O2/c1-12(2)27-16-9-8-13(10-15(16)20)11-21-24-19-22-18(26)17(23-25-19)14-6-4-3-5-7-14/h3-12H,1-2H3,(H2,22,24,25,26)/b21-11+. The number of benzene rings is 2. The molecule has 8 heteroatoms. The lowest BCUT2D eigenvalue weighted by Gasteiger charge is -2.11. The molecule has 0 spiro atoms. The van der Waals surface area contributed by atoms with Gasteiger partial charge in [0.05, 0.1) is 17.3 Å². The van der Waals surface area contributed by atoms with E-state index in [1.54, 1.807) is 30.5 Å². The number of nitrogens with one attached hydrogen (secondary N) is 2. The Morgan fingerprint density at radius 2 is 1.96 bits per heavy atom. The Morgan fingerprint density at radius 3 is 2.63 bits per heavy atom. The van der Waals surface area contributed by atoms with Gasteiger partial charge in [-0.1, -0.05) is 41.9 Å². The van der Waals surface area contributed by atoms with E-state index in [0.717, 1.165) is 5.56 Å².